The molecule has 2 atom stereocenters. The van der Waals surface area contributed by atoms with E-state index in [0.717, 1.165) is 5.56 Å². The normalized spacial score (nSPS) is 18.0. The molecule has 0 aliphatic carbocycles. The third-order valence-corrected chi connectivity index (χ3v) is 8.70. The van der Waals surface area contributed by atoms with E-state index >= 15 is 0 Å². The van der Waals surface area contributed by atoms with Crippen molar-refractivity contribution in [1.29, 1.82) is 0 Å². The molecule has 0 fully saturated rings. The maximum atomic E-state index is 14.5. The molecule has 4 rings (SSSR count). The number of fused-ring (bicyclic) bond motifs is 1. The van der Waals surface area contributed by atoms with Gasteiger partial charge in [0.15, 0.2) is 0 Å². The fourth-order valence-electron chi connectivity index (χ4n) is 4.57. The van der Waals surface area contributed by atoms with Crippen molar-refractivity contribution in [1.82, 2.24) is 0 Å². The summed E-state index contributed by atoms with van der Waals surface area (Å²) in [7, 11) is -2.44. The van der Waals surface area contributed by atoms with Crippen LogP contribution in [0.25, 0.3) is 11.6 Å². The molecular weight excluding hydrogens is 501 g/mol. The summed E-state index contributed by atoms with van der Waals surface area (Å²) in [4.78, 5) is 0.134. The lowest BCUT2D eigenvalue weighted by atomic mass is 10.0. The Kier molecular flexibility index (Phi) is 7.34. The van der Waals surface area contributed by atoms with Crippen molar-refractivity contribution in [2.45, 2.75) is 51.2 Å². The van der Waals surface area contributed by atoms with E-state index in [9.17, 15) is 12.8 Å². The van der Waals surface area contributed by atoms with Crippen LogP contribution in [0.2, 0.25) is 5.02 Å². The van der Waals surface area contributed by atoms with Crippen molar-refractivity contribution < 1.29 is 22.3 Å². The van der Waals surface area contributed by atoms with Crippen LogP contribution in [-0.2, 0) is 10.0 Å². The molecule has 0 saturated carbocycles. The molecule has 36 heavy (non-hydrogen) atoms. The number of methoxy groups -OCH3 is 1. The van der Waals surface area contributed by atoms with Gasteiger partial charge in [-0.25, -0.2) is 12.8 Å². The Bertz CT molecular complexity index is 1420. The number of hydrogen-bond donors (Lipinski definition) is 0. The second kappa shape index (κ2) is 10.1. The highest BCUT2D eigenvalue weighted by Crippen LogP contribution is 2.42. The highest BCUT2D eigenvalue weighted by atomic mass is 35.5. The van der Waals surface area contributed by atoms with Gasteiger partial charge in [0.25, 0.3) is 10.0 Å². The first-order valence-corrected chi connectivity index (χ1v) is 13.5. The van der Waals surface area contributed by atoms with Crippen LogP contribution in [0.3, 0.4) is 0 Å². The van der Waals surface area contributed by atoms with Gasteiger partial charge >= 0.3 is 0 Å². The first kappa shape index (κ1) is 26.0. The molecule has 0 N–H and O–H groups in total. The highest BCUT2D eigenvalue weighted by Gasteiger charge is 2.40. The summed E-state index contributed by atoms with van der Waals surface area (Å²) in [5, 5.41) is 0.307. The van der Waals surface area contributed by atoms with Crippen LogP contribution in [0, 0.1) is 12.7 Å². The zero-order chi connectivity index (χ0) is 26.2. The topological polar surface area (TPSA) is 55.8 Å². The van der Waals surface area contributed by atoms with E-state index in [-0.39, 0.29) is 11.0 Å². The summed E-state index contributed by atoms with van der Waals surface area (Å²) in [5.41, 5.74) is 2.88. The summed E-state index contributed by atoms with van der Waals surface area (Å²) < 4.78 is 55.4. The van der Waals surface area contributed by atoms with Crippen LogP contribution in [-0.4, -0.2) is 27.7 Å². The van der Waals surface area contributed by atoms with Gasteiger partial charge in [0.2, 0.25) is 0 Å². The number of halogens is 2. The molecule has 1 aliphatic rings. The molecule has 0 aromatic heterocycles. The SMILES string of the molecule is CC[C@@H]1Oc2ccc(/C=C(\C)c3c(F)cccc3Cl)cc2N(S(=O)(=O)c2ccc(C)c(OC)c2)[C@@H]1C. The number of ether oxygens (including phenoxy) is 2. The van der Waals surface area contributed by atoms with Crippen LogP contribution in [0.1, 0.15) is 43.9 Å². The molecule has 0 spiro atoms. The van der Waals surface area contributed by atoms with E-state index in [1.54, 1.807) is 55.5 Å². The van der Waals surface area contributed by atoms with Gasteiger partial charge in [0, 0.05) is 11.6 Å². The highest BCUT2D eigenvalue weighted by molar-refractivity contribution is 7.92. The smallest absolute Gasteiger partial charge is 0.264 e. The zero-order valence-corrected chi connectivity index (χ0v) is 22.5. The number of rotatable bonds is 6. The van der Waals surface area contributed by atoms with Crippen molar-refractivity contribution in [2.75, 3.05) is 11.4 Å². The van der Waals surface area contributed by atoms with Crippen LogP contribution < -0.4 is 13.8 Å². The molecular formula is C28H29ClFNO4S. The Labute approximate surface area is 217 Å². The standard InChI is InChI=1S/C28H29ClFNO4S/c1-6-25-19(4)31(36(32,33)21-12-10-17(2)27(16-21)34-5)24-15-20(11-13-26(24)35-25)14-18(3)28-22(29)8-7-9-23(28)30/h7-16,19,25H,6H2,1-5H3/b18-14+/t19-,25+/m1/s1. The lowest BCUT2D eigenvalue weighted by molar-refractivity contribution is 0.162. The van der Waals surface area contributed by atoms with E-state index in [1.165, 1.54) is 17.5 Å². The van der Waals surface area contributed by atoms with Gasteiger partial charge in [0.1, 0.15) is 23.4 Å². The van der Waals surface area contributed by atoms with E-state index < -0.39 is 21.9 Å². The number of sulfonamides is 1. The predicted octanol–water partition coefficient (Wildman–Crippen LogP) is 7.11. The Morgan fingerprint density at radius 3 is 2.61 bits per heavy atom. The molecule has 0 unspecified atom stereocenters. The molecule has 1 aliphatic heterocycles. The maximum Gasteiger partial charge on any atom is 0.264 e. The predicted molar refractivity (Wildman–Crippen MR) is 143 cm³/mol. The summed E-state index contributed by atoms with van der Waals surface area (Å²) >= 11 is 6.25. The molecule has 0 bridgehead atoms. The minimum Gasteiger partial charge on any atom is -0.496 e. The van der Waals surface area contributed by atoms with E-state index in [1.807, 2.05) is 26.8 Å². The molecule has 0 radical (unpaired) electrons. The minimum atomic E-state index is -3.96. The second-order valence-electron chi connectivity index (χ2n) is 8.89. The lowest BCUT2D eigenvalue weighted by Gasteiger charge is -2.40. The van der Waals surface area contributed by atoms with Crippen molar-refractivity contribution in [3.05, 3.63) is 82.1 Å². The van der Waals surface area contributed by atoms with Crippen LogP contribution in [0.4, 0.5) is 10.1 Å². The van der Waals surface area contributed by atoms with E-state index in [4.69, 9.17) is 21.1 Å². The van der Waals surface area contributed by atoms with Crippen molar-refractivity contribution in [3.8, 4) is 11.5 Å². The monoisotopic (exact) mass is 529 g/mol. The largest absolute Gasteiger partial charge is 0.496 e. The first-order chi connectivity index (χ1) is 17.1. The van der Waals surface area contributed by atoms with E-state index in [0.29, 0.717) is 45.3 Å². The van der Waals surface area contributed by atoms with Gasteiger partial charge in [-0.1, -0.05) is 42.8 Å². The lowest BCUT2D eigenvalue weighted by Crippen LogP contribution is -2.50. The molecule has 3 aromatic rings. The van der Waals surface area contributed by atoms with Crippen molar-refractivity contribution in [3.63, 3.8) is 0 Å². The Morgan fingerprint density at radius 1 is 1.19 bits per heavy atom. The number of aryl methyl sites for hydroxylation is 1. The van der Waals surface area contributed by atoms with Gasteiger partial charge in [0.05, 0.1) is 28.8 Å². The average Bonchev–Trinajstić information content (AvgIpc) is 2.83. The number of allylic oxidation sites excluding steroid dienone is 1. The van der Waals surface area contributed by atoms with Crippen LogP contribution in [0.15, 0.2) is 59.5 Å². The van der Waals surface area contributed by atoms with Crippen molar-refractivity contribution in [2.24, 2.45) is 0 Å². The van der Waals surface area contributed by atoms with Gasteiger partial charge in [-0.05, 0) is 74.2 Å². The molecule has 0 saturated heterocycles. The maximum absolute atomic E-state index is 14.5. The molecule has 190 valence electrons. The van der Waals surface area contributed by atoms with Crippen LogP contribution in [0.5, 0.6) is 11.5 Å². The number of hydrogen-bond acceptors (Lipinski definition) is 4. The number of anilines is 1. The van der Waals surface area contributed by atoms with E-state index in [2.05, 4.69) is 0 Å². The van der Waals surface area contributed by atoms with Gasteiger partial charge < -0.3 is 9.47 Å². The Hall–Kier alpha value is -3.03. The Balaban J connectivity index is 1.85. The fraction of sp³-hybridized carbons (Fsp3) is 0.286. The summed E-state index contributed by atoms with van der Waals surface area (Å²) in [6.45, 7) is 7.43. The summed E-state index contributed by atoms with van der Waals surface area (Å²) in [5.74, 6) is 0.550. The Morgan fingerprint density at radius 2 is 1.94 bits per heavy atom. The summed E-state index contributed by atoms with van der Waals surface area (Å²) in [6, 6.07) is 14.3. The third kappa shape index (κ3) is 4.70. The number of benzene rings is 3. The third-order valence-electron chi connectivity index (χ3n) is 6.49. The number of nitrogens with zero attached hydrogens (tertiary/aromatic N) is 1. The first-order valence-electron chi connectivity index (χ1n) is 11.7. The van der Waals surface area contributed by atoms with Crippen molar-refractivity contribution >= 4 is 39.0 Å². The van der Waals surface area contributed by atoms with Gasteiger partial charge in [-0.15, -0.1) is 0 Å². The zero-order valence-electron chi connectivity index (χ0n) is 20.9. The van der Waals surface area contributed by atoms with Gasteiger partial charge in [-0.2, -0.15) is 0 Å². The fourth-order valence-corrected chi connectivity index (χ4v) is 6.58. The molecule has 3 aromatic carbocycles. The minimum absolute atomic E-state index is 0.134. The molecule has 8 heteroatoms. The van der Waals surface area contributed by atoms with Crippen LogP contribution >= 0.6 is 11.6 Å². The van der Waals surface area contributed by atoms with Gasteiger partial charge in [-0.3, -0.25) is 4.31 Å². The second-order valence-corrected chi connectivity index (χ2v) is 11.1. The quantitative estimate of drug-likeness (QED) is 0.319. The molecule has 5 nitrogen and oxygen atoms in total. The molecule has 1 heterocycles. The average molecular weight is 530 g/mol. The molecule has 0 amide bonds. The summed E-state index contributed by atoms with van der Waals surface area (Å²) in [6.07, 6.45) is 2.09.